The molecule has 0 unspecified atom stereocenters. The molecule has 0 aliphatic rings. The van der Waals surface area contributed by atoms with Crippen molar-refractivity contribution >= 4 is 16.8 Å². The van der Waals surface area contributed by atoms with Gasteiger partial charge in [0.15, 0.2) is 0 Å². The molecule has 2 N–H and O–H groups in total. The summed E-state index contributed by atoms with van der Waals surface area (Å²) >= 11 is 0. The van der Waals surface area contributed by atoms with Crippen LogP contribution >= 0.6 is 0 Å². The average Bonchev–Trinajstić information content (AvgIpc) is 2.94. The molecule has 0 aliphatic heterocycles. The van der Waals surface area contributed by atoms with Crippen LogP contribution in [0, 0.1) is 6.92 Å². The first-order valence-corrected chi connectivity index (χ1v) is 7.46. The second-order valence-corrected chi connectivity index (χ2v) is 5.41. The van der Waals surface area contributed by atoms with Crippen LogP contribution < -0.4 is 5.32 Å². The number of H-pyrrole nitrogens is 1. The largest absolute Gasteiger partial charge is 0.361 e. The molecule has 0 bridgehead atoms. The van der Waals surface area contributed by atoms with Gasteiger partial charge in [0.1, 0.15) is 0 Å². The molecular formula is C18H19N3O. The maximum Gasteiger partial charge on any atom is 0.220 e. The highest BCUT2D eigenvalue weighted by atomic mass is 16.1. The van der Waals surface area contributed by atoms with Gasteiger partial charge >= 0.3 is 0 Å². The molecule has 4 nitrogen and oxygen atoms in total. The van der Waals surface area contributed by atoms with Crippen LogP contribution in [0.15, 0.2) is 48.7 Å². The van der Waals surface area contributed by atoms with Gasteiger partial charge in [-0.05, 0) is 37.1 Å². The molecule has 4 heteroatoms. The first-order chi connectivity index (χ1) is 10.7. The lowest BCUT2D eigenvalue weighted by Gasteiger charge is -2.05. The van der Waals surface area contributed by atoms with E-state index in [1.165, 1.54) is 10.9 Å². The van der Waals surface area contributed by atoms with E-state index in [4.69, 9.17) is 0 Å². The molecular weight excluding hydrogens is 274 g/mol. The van der Waals surface area contributed by atoms with E-state index in [-0.39, 0.29) is 5.91 Å². The zero-order chi connectivity index (χ0) is 15.4. The van der Waals surface area contributed by atoms with Gasteiger partial charge in [-0.25, -0.2) is 0 Å². The number of nitrogens with one attached hydrogen (secondary N) is 2. The van der Waals surface area contributed by atoms with Crippen molar-refractivity contribution in [3.8, 4) is 0 Å². The van der Waals surface area contributed by atoms with Crippen molar-refractivity contribution in [2.24, 2.45) is 0 Å². The fourth-order valence-electron chi connectivity index (χ4n) is 2.56. The van der Waals surface area contributed by atoms with E-state index in [0.29, 0.717) is 13.0 Å². The fourth-order valence-corrected chi connectivity index (χ4v) is 2.56. The molecule has 0 spiro atoms. The summed E-state index contributed by atoms with van der Waals surface area (Å²) in [6.45, 7) is 2.43. The summed E-state index contributed by atoms with van der Waals surface area (Å²) in [7, 11) is 0. The topological polar surface area (TPSA) is 57.8 Å². The molecule has 0 saturated carbocycles. The third kappa shape index (κ3) is 3.34. The number of carbonyl (C=O) groups excluding carboxylic acids is 1. The van der Waals surface area contributed by atoms with Crippen LogP contribution in [0.5, 0.6) is 0 Å². The highest BCUT2D eigenvalue weighted by Crippen LogP contribution is 2.18. The van der Waals surface area contributed by atoms with Crippen LogP contribution in [-0.2, 0) is 17.8 Å². The van der Waals surface area contributed by atoms with E-state index in [0.717, 1.165) is 23.3 Å². The maximum absolute atomic E-state index is 12.0. The Kier molecular flexibility index (Phi) is 4.19. The summed E-state index contributed by atoms with van der Waals surface area (Å²) in [5.41, 5.74) is 4.15. The van der Waals surface area contributed by atoms with Crippen LogP contribution in [0.1, 0.15) is 23.4 Å². The second-order valence-electron chi connectivity index (χ2n) is 5.41. The smallest absolute Gasteiger partial charge is 0.220 e. The number of amides is 1. The molecule has 2 heterocycles. The fraction of sp³-hybridized carbons (Fsp3) is 0.222. The number of pyridine rings is 1. The zero-order valence-corrected chi connectivity index (χ0v) is 12.6. The first kappa shape index (κ1) is 14.3. The number of fused-ring (bicyclic) bond motifs is 1. The standard InChI is InChI=1S/C18H19N3O/c1-13-5-4-6-15(21-13)12-20-18(22)10-9-14-11-19-17-8-3-2-7-16(14)17/h2-8,11,19H,9-10,12H2,1H3,(H,20,22). The van der Waals surface area contributed by atoms with Crippen LogP contribution in [0.2, 0.25) is 0 Å². The molecule has 3 aromatic rings. The molecule has 112 valence electrons. The third-order valence-corrected chi connectivity index (χ3v) is 3.71. The Balaban J connectivity index is 1.54. The number of rotatable bonds is 5. The number of hydrogen-bond acceptors (Lipinski definition) is 2. The van der Waals surface area contributed by atoms with E-state index in [1.54, 1.807) is 0 Å². The van der Waals surface area contributed by atoms with Crippen LogP contribution in [0.3, 0.4) is 0 Å². The number of aromatic amines is 1. The summed E-state index contributed by atoms with van der Waals surface area (Å²) in [5.74, 6) is 0.0496. The van der Waals surface area contributed by atoms with Crippen LogP contribution in [0.4, 0.5) is 0 Å². The Bertz CT molecular complexity index is 792. The molecule has 0 radical (unpaired) electrons. The Labute approximate surface area is 129 Å². The van der Waals surface area contributed by atoms with Crippen molar-refractivity contribution in [3.63, 3.8) is 0 Å². The summed E-state index contributed by atoms with van der Waals surface area (Å²) in [6, 6.07) is 14.0. The minimum absolute atomic E-state index is 0.0496. The molecule has 0 fully saturated rings. The van der Waals surface area contributed by atoms with Gasteiger partial charge in [-0.2, -0.15) is 0 Å². The van der Waals surface area contributed by atoms with Crippen molar-refractivity contribution in [1.82, 2.24) is 15.3 Å². The van der Waals surface area contributed by atoms with Crippen LogP contribution in [-0.4, -0.2) is 15.9 Å². The summed E-state index contributed by atoms with van der Waals surface area (Å²) in [4.78, 5) is 19.6. The van der Waals surface area contributed by atoms with E-state index >= 15 is 0 Å². The summed E-state index contributed by atoms with van der Waals surface area (Å²) in [5, 5.41) is 4.12. The van der Waals surface area contributed by atoms with E-state index in [2.05, 4.69) is 21.4 Å². The number of para-hydroxylation sites is 1. The summed E-state index contributed by atoms with van der Waals surface area (Å²) in [6.07, 6.45) is 3.20. The minimum atomic E-state index is 0.0496. The van der Waals surface area contributed by atoms with Gasteiger partial charge in [-0.1, -0.05) is 24.3 Å². The average molecular weight is 293 g/mol. The minimum Gasteiger partial charge on any atom is -0.361 e. The predicted octanol–water partition coefficient (Wildman–Crippen LogP) is 3.12. The van der Waals surface area contributed by atoms with Gasteiger partial charge in [0.05, 0.1) is 12.2 Å². The van der Waals surface area contributed by atoms with E-state index in [1.807, 2.05) is 49.5 Å². The van der Waals surface area contributed by atoms with Gasteiger partial charge in [0, 0.05) is 29.2 Å². The van der Waals surface area contributed by atoms with Gasteiger partial charge in [-0.15, -0.1) is 0 Å². The molecule has 1 aromatic carbocycles. The second kappa shape index (κ2) is 6.43. The molecule has 0 atom stereocenters. The molecule has 1 amide bonds. The molecule has 22 heavy (non-hydrogen) atoms. The Morgan fingerprint density at radius 2 is 2.05 bits per heavy atom. The number of aromatic nitrogens is 2. The highest BCUT2D eigenvalue weighted by Gasteiger charge is 2.07. The van der Waals surface area contributed by atoms with Gasteiger partial charge < -0.3 is 10.3 Å². The predicted molar refractivity (Wildman–Crippen MR) is 87.4 cm³/mol. The lowest BCUT2D eigenvalue weighted by molar-refractivity contribution is -0.121. The number of hydrogen-bond donors (Lipinski definition) is 2. The lowest BCUT2D eigenvalue weighted by atomic mass is 10.1. The molecule has 0 aliphatic carbocycles. The third-order valence-electron chi connectivity index (χ3n) is 3.71. The molecule has 3 rings (SSSR count). The van der Waals surface area contributed by atoms with Crippen LogP contribution in [0.25, 0.3) is 10.9 Å². The summed E-state index contributed by atoms with van der Waals surface area (Å²) < 4.78 is 0. The van der Waals surface area contributed by atoms with Crippen molar-refractivity contribution in [3.05, 3.63) is 65.6 Å². The van der Waals surface area contributed by atoms with E-state index in [9.17, 15) is 4.79 Å². The lowest BCUT2D eigenvalue weighted by Crippen LogP contribution is -2.23. The Hall–Kier alpha value is -2.62. The molecule has 2 aromatic heterocycles. The first-order valence-electron chi connectivity index (χ1n) is 7.46. The van der Waals surface area contributed by atoms with Gasteiger partial charge in [0.25, 0.3) is 0 Å². The van der Waals surface area contributed by atoms with Crippen molar-refractivity contribution < 1.29 is 4.79 Å². The number of carbonyl (C=O) groups is 1. The molecule has 0 saturated heterocycles. The van der Waals surface area contributed by atoms with Crippen molar-refractivity contribution in [2.45, 2.75) is 26.3 Å². The Morgan fingerprint density at radius 3 is 2.91 bits per heavy atom. The number of nitrogens with zero attached hydrogens (tertiary/aromatic N) is 1. The SMILES string of the molecule is Cc1cccc(CNC(=O)CCc2c[nH]c3ccccc23)n1. The zero-order valence-electron chi connectivity index (χ0n) is 12.6. The quantitative estimate of drug-likeness (QED) is 0.759. The van der Waals surface area contributed by atoms with Crippen molar-refractivity contribution in [1.29, 1.82) is 0 Å². The number of benzene rings is 1. The van der Waals surface area contributed by atoms with Crippen molar-refractivity contribution in [2.75, 3.05) is 0 Å². The highest BCUT2D eigenvalue weighted by molar-refractivity contribution is 5.84. The van der Waals surface area contributed by atoms with E-state index < -0.39 is 0 Å². The monoisotopic (exact) mass is 293 g/mol. The number of aryl methyl sites for hydroxylation is 2. The Morgan fingerprint density at radius 1 is 1.18 bits per heavy atom. The normalized spacial score (nSPS) is 10.8. The van der Waals surface area contributed by atoms with Gasteiger partial charge in [0.2, 0.25) is 5.91 Å². The maximum atomic E-state index is 12.0. The van der Waals surface area contributed by atoms with Gasteiger partial charge in [-0.3, -0.25) is 9.78 Å².